The van der Waals surface area contributed by atoms with Gasteiger partial charge in [-0.3, -0.25) is 4.90 Å². The van der Waals surface area contributed by atoms with Crippen LogP contribution in [0.1, 0.15) is 11.1 Å². The fraction of sp³-hybridized carbons (Fsp3) is 0.136. The number of halogens is 1. The lowest BCUT2D eigenvalue weighted by atomic mass is 10.0. The van der Waals surface area contributed by atoms with Gasteiger partial charge in [0.25, 0.3) is 0 Å². The van der Waals surface area contributed by atoms with Crippen LogP contribution in [-0.4, -0.2) is 21.9 Å². The Morgan fingerprint density at radius 3 is 2.77 bits per heavy atom. The number of aromatic nitrogens is 2. The van der Waals surface area contributed by atoms with E-state index in [0.717, 1.165) is 28.7 Å². The third kappa shape index (κ3) is 3.37. The van der Waals surface area contributed by atoms with Crippen molar-refractivity contribution in [3.8, 4) is 11.1 Å². The number of benzene rings is 2. The van der Waals surface area contributed by atoms with Gasteiger partial charge in [0.2, 0.25) is 0 Å². The predicted octanol–water partition coefficient (Wildman–Crippen LogP) is 5.00. The molecule has 0 aliphatic rings. The number of hydrogen-bond donors (Lipinski definition) is 1. The summed E-state index contributed by atoms with van der Waals surface area (Å²) in [6.07, 6.45) is 3.73. The van der Waals surface area contributed by atoms with Gasteiger partial charge >= 0.3 is 0 Å². The Kier molecular flexibility index (Phi) is 4.50. The number of pyridine rings is 1. The van der Waals surface area contributed by atoms with E-state index in [1.54, 1.807) is 6.07 Å². The largest absolute Gasteiger partial charge is 0.346 e. The lowest BCUT2D eigenvalue weighted by Crippen LogP contribution is -2.18. The summed E-state index contributed by atoms with van der Waals surface area (Å²) >= 11 is 0. The molecular weight excluding hydrogens is 325 g/mol. The molecule has 4 heteroatoms. The van der Waals surface area contributed by atoms with Crippen LogP contribution in [-0.2, 0) is 13.1 Å². The van der Waals surface area contributed by atoms with Crippen molar-refractivity contribution in [3.63, 3.8) is 0 Å². The van der Waals surface area contributed by atoms with Crippen molar-refractivity contribution in [2.75, 3.05) is 7.05 Å². The monoisotopic (exact) mass is 345 g/mol. The number of fused-ring (bicyclic) bond motifs is 1. The lowest BCUT2D eigenvalue weighted by Gasteiger charge is -2.18. The number of H-pyrrole nitrogens is 1. The SMILES string of the molecule is CN(Cc1cccc(-c2ccnc3[nH]ccc23)c1)Cc1ccccc1F. The molecule has 0 aliphatic carbocycles. The fourth-order valence-corrected chi connectivity index (χ4v) is 3.33. The quantitative estimate of drug-likeness (QED) is 0.552. The molecule has 2 heterocycles. The standard InChI is InChI=1S/C22H20FN3/c1-26(15-18-6-2-3-8-21(18)23)14-16-5-4-7-17(13-16)19-9-11-24-22-20(19)10-12-25-22/h2-13H,14-15H2,1H3,(H,24,25). The van der Waals surface area contributed by atoms with E-state index in [-0.39, 0.29) is 5.82 Å². The van der Waals surface area contributed by atoms with Gasteiger partial charge in [-0.05, 0) is 48.0 Å². The normalized spacial score (nSPS) is 11.3. The van der Waals surface area contributed by atoms with Crippen molar-refractivity contribution < 1.29 is 4.39 Å². The summed E-state index contributed by atoms with van der Waals surface area (Å²) in [6.45, 7) is 1.33. The molecule has 4 rings (SSSR count). The summed E-state index contributed by atoms with van der Waals surface area (Å²) in [4.78, 5) is 9.63. The maximum atomic E-state index is 13.9. The smallest absolute Gasteiger partial charge is 0.137 e. The zero-order chi connectivity index (χ0) is 17.9. The van der Waals surface area contributed by atoms with E-state index in [0.29, 0.717) is 12.1 Å². The van der Waals surface area contributed by atoms with E-state index in [4.69, 9.17) is 0 Å². The van der Waals surface area contributed by atoms with Crippen LogP contribution in [0.4, 0.5) is 4.39 Å². The van der Waals surface area contributed by atoms with E-state index in [9.17, 15) is 4.39 Å². The van der Waals surface area contributed by atoms with Crippen LogP contribution in [0.15, 0.2) is 73.1 Å². The van der Waals surface area contributed by atoms with Gasteiger partial charge in [-0.15, -0.1) is 0 Å². The molecule has 0 bridgehead atoms. The summed E-state index contributed by atoms with van der Waals surface area (Å²) in [6, 6.07) is 19.5. The molecule has 0 saturated carbocycles. The maximum absolute atomic E-state index is 13.9. The predicted molar refractivity (Wildman–Crippen MR) is 103 cm³/mol. The first-order valence-electron chi connectivity index (χ1n) is 8.64. The first-order valence-corrected chi connectivity index (χ1v) is 8.64. The minimum Gasteiger partial charge on any atom is -0.346 e. The summed E-state index contributed by atoms with van der Waals surface area (Å²) in [5.74, 6) is -0.153. The maximum Gasteiger partial charge on any atom is 0.137 e. The second-order valence-corrected chi connectivity index (χ2v) is 6.56. The van der Waals surface area contributed by atoms with Gasteiger partial charge in [0, 0.05) is 36.4 Å². The molecule has 2 aromatic carbocycles. The highest BCUT2D eigenvalue weighted by atomic mass is 19.1. The second-order valence-electron chi connectivity index (χ2n) is 6.56. The van der Waals surface area contributed by atoms with Crippen LogP contribution in [0, 0.1) is 5.82 Å². The Hall–Kier alpha value is -2.98. The zero-order valence-electron chi connectivity index (χ0n) is 14.6. The topological polar surface area (TPSA) is 31.9 Å². The molecule has 0 spiro atoms. The summed E-state index contributed by atoms with van der Waals surface area (Å²) in [5, 5.41) is 1.12. The first kappa shape index (κ1) is 16.5. The average molecular weight is 345 g/mol. The number of hydrogen-bond acceptors (Lipinski definition) is 2. The van der Waals surface area contributed by atoms with Crippen molar-refractivity contribution in [2.24, 2.45) is 0 Å². The Bertz CT molecular complexity index is 1040. The van der Waals surface area contributed by atoms with Crippen molar-refractivity contribution in [3.05, 3.63) is 90.0 Å². The molecule has 2 aromatic heterocycles. The van der Waals surface area contributed by atoms with Gasteiger partial charge in [0.05, 0.1) is 0 Å². The van der Waals surface area contributed by atoms with Crippen molar-refractivity contribution in [1.29, 1.82) is 0 Å². The van der Waals surface area contributed by atoms with Gasteiger partial charge in [0.1, 0.15) is 11.5 Å². The van der Waals surface area contributed by atoms with Gasteiger partial charge in [0.15, 0.2) is 0 Å². The number of aromatic amines is 1. The number of rotatable bonds is 5. The molecule has 26 heavy (non-hydrogen) atoms. The minimum atomic E-state index is -0.153. The summed E-state index contributed by atoms with van der Waals surface area (Å²) in [7, 11) is 2.01. The summed E-state index contributed by atoms with van der Waals surface area (Å²) < 4.78 is 13.9. The lowest BCUT2D eigenvalue weighted by molar-refractivity contribution is 0.313. The van der Waals surface area contributed by atoms with Gasteiger partial charge in [-0.1, -0.05) is 36.4 Å². The van der Waals surface area contributed by atoms with Crippen molar-refractivity contribution >= 4 is 11.0 Å². The van der Waals surface area contributed by atoms with Crippen LogP contribution in [0.3, 0.4) is 0 Å². The molecule has 0 radical (unpaired) electrons. The summed E-state index contributed by atoms with van der Waals surface area (Å²) in [5.41, 5.74) is 5.13. The molecule has 0 unspecified atom stereocenters. The van der Waals surface area contributed by atoms with Crippen LogP contribution in [0.25, 0.3) is 22.2 Å². The van der Waals surface area contributed by atoms with Crippen LogP contribution in [0.5, 0.6) is 0 Å². The molecular formula is C22H20FN3. The van der Waals surface area contributed by atoms with Gasteiger partial charge < -0.3 is 4.98 Å². The van der Waals surface area contributed by atoms with Crippen LogP contribution in [0.2, 0.25) is 0 Å². The highest BCUT2D eigenvalue weighted by molar-refractivity contribution is 5.92. The molecule has 0 saturated heterocycles. The zero-order valence-corrected chi connectivity index (χ0v) is 14.6. The Morgan fingerprint density at radius 1 is 1.00 bits per heavy atom. The van der Waals surface area contributed by atoms with E-state index in [1.165, 1.54) is 11.6 Å². The molecule has 0 aliphatic heterocycles. The molecule has 3 nitrogen and oxygen atoms in total. The van der Waals surface area contributed by atoms with Gasteiger partial charge in [-0.2, -0.15) is 0 Å². The van der Waals surface area contributed by atoms with Crippen LogP contribution < -0.4 is 0 Å². The third-order valence-corrected chi connectivity index (χ3v) is 4.55. The van der Waals surface area contributed by atoms with Crippen molar-refractivity contribution in [1.82, 2.24) is 14.9 Å². The van der Waals surface area contributed by atoms with E-state index in [1.807, 2.05) is 37.6 Å². The molecule has 0 atom stereocenters. The van der Waals surface area contributed by atoms with E-state index >= 15 is 0 Å². The number of nitrogens with one attached hydrogen (secondary N) is 1. The molecule has 130 valence electrons. The Morgan fingerprint density at radius 2 is 1.88 bits per heavy atom. The molecule has 0 fully saturated rings. The van der Waals surface area contributed by atoms with E-state index < -0.39 is 0 Å². The highest BCUT2D eigenvalue weighted by Crippen LogP contribution is 2.27. The fourth-order valence-electron chi connectivity index (χ4n) is 3.33. The average Bonchev–Trinajstić information content (AvgIpc) is 3.12. The van der Waals surface area contributed by atoms with Gasteiger partial charge in [-0.25, -0.2) is 9.37 Å². The highest BCUT2D eigenvalue weighted by Gasteiger charge is 2.09. The van der Waals surface area contributed by atoms with Crippen LogP contribution >= 0.6 is 0 Å². The molecule has 4 aromatic rings. The third-order valence-electron chi connectivity index (χ3n) is 4.55. The van der Waals surface area contributed by atoms with E-state index in [2.05, 4.69) is 45.2 Å². The second kappa shape index (κ2) is 7.10. The Balaban J connectivity index is 1.56. The molecule has 0 amide bonds. The molecule has 1 N–H and O–H groups in total. The minimum absolute atomic E-state index is 0.153. The Labute approximate surface area is 152 Å². The first-order chi connectivity index (χ1) is 12.7. The van der Waals surface area contributed by atoms with Crippen molar-refractivity contribution in [2.45, 2.75) is 13.1 Å². The number of nitrogens with zero attached hydrogens (tertiary/aromatic N) is 2.